The number of pyridine rings is 1. The summed E-state index contributed by atoms with van der Waals surface area (Å²) >= 11 is 0. The number of likely N-dealkylation sites (N-methyl/N-ethyl adjacent to an activating group) is 1. The summed E-state index contributed by atoms with van der Waals surface area (Å²) in [5.74, 6) is 0.904. The summed E-state index contributed by atoms with van der Waals surface area (Å²) < 4.78 is 5.28. The second-order valence-electron chi connectivity index (χ2n) is 8.09. The van der Waals surface area contributed by atoms with Crippen molar-refractivity contribution < 1.29 is 14.3 Å². The Morgan fingerprint density at radius 3 is 2.65 bits per heavy atom. The molecule has 2 N–H and O–H groups in total. The van der Waals surface area contributed by atoms with Gasteiger partial charge >= 0.3 is 0 Å². The molecule has 176 valence electrons. The van der Waals surface area contributed by atoms with Gasteiger partial charge < -0.3 is 20.3 Å². The molecule has 34 heavy (non-hydrogen) atoms. The van der Waals surface area contributed by atoms with E-state index in [0.29, 0.717) is 43.3 Å². The molecule has 8 nitrogen and oxygen atoms in total. The van der Waals surface area contributed by atoms with Crippen LogP contribution < -0.4 is 15.4 Å². The van der Waals surface area contributed by atoms with E-state index in [0.717, 1.165) is 11.3 Å². The van der Waals surface area contributed by atoms with Crippen molar-refractivity contribution in [3.05, 3.63) is 84.1 Å². The number of hydrogen-bond donors (Lipinski definition) is 2. The average Bonchev–Trinajstić information content (AvgIpc) is 2.89. The summed E-state index contributed by atoms with van der Waals surface area (Å²) in [4.78, 5) is 34.5. The topological polar surface area (TPSA) is 86.8 Å². The zero-order valence-corrected chi connectivity index (χ0v) is 19.4. The van der Waals surface area contributed by atoms with E-state index >= 15 is 0 Å². The van der Waals surface area contributed by atoms with E-state index in [1.165, 1.54) is 0 Å². The highest BCUT2D eigenvalue weighted by molar-refractivity contribution is 5.99. The van der Waals surface area contributed by atoms with E-state index in [1.54, 1.807) is 37.4 Å². The van der Waals surface area contributed by atoms with Crippen molar-refractivity contribution in [2.24, 2.45) is 0 Å². The van der Waals surface area contributed by atoms with Gasteiger partial charge in [0.25, 0.3) is 5.91 Å². The van der Waals surface area contributed by atoms with Crippen LogP contribution in [0.4, 0.5) is 11.5 Å². The molecule has 1 saturated heterocycles. The van der Waals surface area contributed by atoms with Crippen molar-refractivity contribution in [2.45, 2.75) is 12.6 Å². The summed E-state index contributed by atoms with van der Waals surface area (Å²) in [6.07, 6.45) is 1.64. The Morgan fingerprint density at radius 2 is 1.88 bits per heavy atom. The maximum absolute atomic E-state index is 13.5. The van der Waals surface area contributed by atoms with Crippen LogP contribution >= 0.6 is 0 Å². The van der Waals surface area contributed by atoms with Crippen LogP contribution in [-0.4, -0.2) is 66.4 Å². The van der Waals surface area contributed by atoms with Gasteiger partial charge in [0, 0.05) is 51.2 Å². The van der Waals surface area contributed by atoms with Crippen LogP contribution in [0.1, 0.15) is 15.9 Å². The van der Waals surface area contributed by atoms with Gasteiger partial charge in [0.1, 0.15) is 17.6 Å². The van der Waals surface area contributed by atoms with Crippen molar-refractivity contribution in [3.63, 3.8) is 0 Å². The number of piperazine rings is 1. The Morgan fingerprint density at radius 1 is 1.06 bits per heavy atom. The maximum Gasteiger partial charge on any atom is 0.257 e. The van der Waals surface area contributed by atoms with Crippen LogP contribution in [0.3, 0.4) is 0 Å². The number of nitrogens with one attached hydrogen (secondary N) is 2. The molecule has 1 fully saturated rings. The molecule has 4 rings (SSSR count). The first kappa shape index (κ1) is 23.3. The van der Waals surface area contributed by atoms with E-state index < -0.39 is 6.04 Å². The molecule has 1 aliphatic rings. The Labute approximate surface area is 199 Å². The standard InChI is InChI=1S/C26H29N5O3/c1-27-25(32)23-18-31(15-14-30(23)17-19-8-4-3-5-9-19)26(33)22-12-7-13-28-24(22)29-20-10-6-11-21(16-20)34-2/h3-13,16,23H,14-15,17-18H2,1-2H3,(H,27,32)(H,28,29). The molecular formula is C26H29N5O3. The largest absolute Gasteiger partial charge is 0.497 e. The third kappa shape index (κ3) is 5.35. The molecule has 1 atom stereocenters. The fourth-order valence-electron chi connectivity index (χ4n) is 4.11. The first-order valence-electron chi connectivity index (χ1n) is 11.2. The Balaban J connectivity index is 1.52. The number of carbonyl (C=O) groups excluding carboxylic acids is 2. The number of aromatic nitrogens is 1. The molecule has 2 aromatic carbocycles. The summed E-state index contributed by atoms with van der Waals surface area (Å²) in [5.41, 5.74) is 2.36. The van der Waals surface area contributed by atoms with Crippen molar-refractivity contribution in [1.29, 1.82) is 0 Å². The predicted octanol–water partition coefficient (Wildman–Crippen LogP) is 2.91. The zero-order chi connectivity index (χ0) is 23.9. The van der Waals surface area contributed by atoms with Crippen LogP contribution in [-0.2, 0) is 11.3 Å². The minimum Gasteiger partial charge on any atom is -0.497 e. The lowest BCUT2D eigenvalue weighted by Crippen LogP contribution is -2.59. The summed E-state index contributed by atoms with van der Waals surface area (Å²) in [5, 5.41) is 5.97. The van der Waals surface area contributed by atoms with Crippen LogP contribution in [0.2, 0.25) is 0 Å². The lowest BCUT2D eigenvalue weighted by molar-refractivity contribution is -0.128. The molecule has 1 aliphatic heterocycles. The first-order chi connectivity index (χ1) is 16.6. The van der Waals surface area contributed by atoms with E-state index in [4.69, 9.17) is 4.74 Å². The lowest BCUT2D eigenvalue weighted by atomic mass is 10.1. The van der Waals surface area contributed by atoms with E-state index in [-0.39, 0.29) is 11.8 Å². The average molecular weight is 460 g/mol. The Hall–Kier alpha value is -3.91. The van der Waals surface area contributed by atoms with Gasteiger partial charge in [-0.1, -0.05) is 36.4 Å². The fraction of sp³-hybridized carbons (Fsp3) is 0.269. The van der Waals surface area contributed by atoms with Crippen LogP contribution in [0.15, 0.2) is 72.9 Å². The van der Waals surface area contributed by atoms with Crippen molar-refractivity contribution in [3.8, 4) is 5.75 Å². The highest BCUT2D eigenvalue weighted by Crippen LogP contribution is 2.24. The highest BCUT2D eigenvalue weighted by Gasteiger charge is 2.34. The molecule has 1 aromatic heterocycles. The van der Waals surface area contributed by atoms with Crippen molar-refractivity contribution >= 4 is 23.3 Å². The minimum absolute atomic E-state index is 0.102. The summed E-state index contributed by atoms with van der Waals surface area (Å²) in [6.45, 7) is 2.07. The number of methoxy groups -OCH3 is 1. The van der Waals surface area contributed by atoms with Gasteiger partial charge in [-0.2, -0.15) is 0 Å². The van der Waals surface area contributed by atoms with Crippen molar-refractivity contribution in [1.82, 2.24) is 20.1 Å². The molecule has 2 heterocycles. The number of hydrogen-bond acceptors (Lipinski definition) is 6. The summed E-state index contributed by atoms with van der Waals surface area (Å²) in [6, 6.07) is 20.5. The Bertz CT molecular complexity index is 1140. The van der Waals surface area contributed by atoms with E-state index in [2.05, 4.69) is 20.5 Å². The third-order valence-electron chi connectivity index (χ3n) is 5.93. The number of ether oxygens (including phenoxy) is 1. The molecule has 2 amide bonds. The number of benzene rings is 2. The maximum atomic E-state index is 13.5. The van der Waals surface area contributed by atoms with Crippen molar-refractivity contribution in [2.75, 3.05) is 39.1 Å². The summed E-state index contributed by atoms with van der Waals surface area (Å²) in [7, 11) is 3.23. The number of rotatable bonds is 7. The van der Waals surface area contributed by atoms with Gasteiger partial charge in [-0.25, -0.2) is 4.98 Å². The fourth-order valence-corrected chi connectivity index (χ4v) is 4.11. The number of carbonyl (C=O) groups is 2. The zero-order valence-electron chi connectivity index (χ0n) is 19.4. The normalized spacial score (nSPS) is 16.1. The van der Waals surface area contributed by atoms with Gasteiger partial charge in [-0.3, -0.25) is 14.5 Å². The van der Waals surface area contributed by atoms with Gasteiger partial charge in [0.2, 0.25) is 5.91 Å². The predicted molar refractivity (Wildman–Crippen MR) is 131 cm³/mol. The molecule has 0 spiro atoms. The van der Waals surface area contributed by atoms with Crippen LogP contribution in [0.5, 0.6) is 5.75 Å². The molecule has 0 saturated carbocycles. The Kier molecular flexibility index (Phi) is 7.39. The van der Waals surface area contributed by atoms with Gasteiger partial charge in [-0.05, 0) is 29.8 Å². The molecule has 0 bridgehead atoms. The molecule has 8 heteroatoms. The number of anilines is 2. The van der Waals surface area contributed by atoms with Crippen LogP contribution in [0.25, 0.3) is 0 Å². The van der Waals surface area contributed by atoms with Gasteiger partial charge in [0.15, 0.2) is 0 Å². The minimum atomic E-state index is -0.436. The highest BCUT2D eigenvalue weighted by atomic mass is 16.5. The number of amides is 2. The molecule has 0 radical (unpaired) electrons. The second kappa shape index (κ2) is 10.8. The van der Waals surface area contributed by atoms with E-state index in [1.807, 2.05) is 54.6 Å². The smallest absolute Gasteiger partial charge is 0.257 e. The second-order valence-corrected chi connectivity index (χ2v) is 8.09. The number of nitrogens with zero attached hydrogens (tertiary/aromatic N) is 3. The molecule has 0 aliphatic carbocycles. The molecule has 1 unspecified atom stereocenters. The first-order valence-corrected chi connectivity index (χ1v) is 11.2. The van der Waals surface area contributed by atoms with Crippen LogP contribution in [0, 0.1) is 0 Å². The van der Waals surface area contributed by atoms with Gasteiger partial charge in [-0.15, -0.1) is 0 Å². The SMILES string of the molecule is CNC(=O)C1CN(C(=O)c2cccnc2Nc2cccc(OC)c2)CCN1Cc1ccccc1. The van der Waals surface area contributed by atoms with E-state index in [9.17, 15) is 9.59 Å². The molecule has 3 aromatic rings. The quantitative estimate of drug-likeness (QED) is 0.565. The lowest BCUT2D eigenvalue weighted by Gasteiger charge is -2.40. The monoisotopic (exact) mass is 459 g/mol. The molecular weight excluding hydrogens is 430 g/mol. The third-order valence-corrected chi connectivity index (χ3v) is 5.93. The van der Waals surface area contributed by atoms with Gasteiger partial charge in [0.05, 0.1) is 12.7 Å².